The maximum atomic E-state index is 13.6. The van der Waals surface area contributed by atoms with Crippen LogP contribution >= 0.6 is 0 Å². The van der Waals surface area contributed by atoms with Gasteiger partial charge in [-0.15, -0.1) is 0 Å². The number of nitrogens with one attached hydrogen (secondary N) is 1. The van der Waals surface area contributed by atoms with Crippen molar-refractivity contribution in [2.75, 3.05) is 41.4 Å². The molecule has 1 heterocycles. The van der Waals surface area contributed by atoms with E-state index in [0.29, 0.717) is 30.5 Å². The molecule has 3 rings (SSSR count). The molecule has 33 heavy (non-hydrogen) atoms. The third-order valence-corrected chi connectivity index (χ3v) is 5.95. The average Bonchev–Trinajstić information content (AvgIpc) is 3.06. The van der Waals surface area contributed by atoms with Crippen molar-refractivity contribution in [3.05, 3.63) is 64.7 Å². The normalized spacial score (nSPS) is 17.8. The van der Waals surface area contributed by atoms with Crippen LogP contribution in [0.4, 0.5) is 0 Å². The first kappa shape index (κ1) is 24.3. The number of ether oxygens (including phenoxy) is 2. The molecule has 0 aliphatic carbocycles. The van der Waals surface area contributed by atoms with E-state index >= 15 is 0 Å². The van der Waals surface area contributed by atoms with Gasteiger partial charge in [-0.1, -0.05) is 49.9 Å². The Bertz CT molecular complexity index is 1060. The van der Waals surface area contributed by atoms with Crippen LogP contribution in [0.15, 0.2) is 48.0 Å². The first-order chi connectivity index (χ1) is 15.7. The number of nitrogens with zero attached hydrogens (tertiary/aromatic N) is 1. The molecular weight excluding hydrogens is 420 g/mol. The summed E-state index contributed by atoms with van der Waals surface area (Å²) in [4.78, 5) is 28.8. The number of ketones is 1. The number of rotatable bonds is 8. The predicted molar refractivity (Wildman–Crippen MR) is 124 cm³/mol. The van der Waals surface area contributed by atoms with Crippen LogP contribution in [0.25, 0.3) is 5.76 Å². The second-order valence-electron chi connectivity index (χ2n) is 8.82. The maximum absolute atomic E-state index is 13.6. The van der Waals surface area contributed by atoms with Crippen LogP contribution < -0.4 is 19.5 Å². The van der Waals surface area contributed by atoms with E-state index in [2.05, 4.69) is 13.8 Å². The molecule has 1 amide bonds. The molecule has 0 aromatic heterocycles. The zero-order chi connectivity index (χ0) is 24.3. The van der Waals surface area contributed by atoms with E-state index in [1.165, 1.54) is 25.2 Å². The highest BCUT2D eigenvalue weighted by Gasteiger charge is 2.44. The minimum atomic E-state index is -0.749. The third-order valence-electron chi connectivity index (χ3n) is 5.95. The van der Waals surface area contributed by atoms with Crippen molar-refractivity contribution in [2.45, 2.75) is 25.8 Å². The Labute approximate surface area is 195 Å². The van der Waals surface area contributed by atoms with E-state index in [-0.39, 0.29) is 11.1 Å². The second-order valence-corrected chi connectivity index (χ2v) is 8.82. The second kappa shape index (κ2) is 10.1. The molecule has 7 nitrogen and oxygen atoms in total. The number of methoxy groups -OCH3 is 2. The number of carbonyl (C=O) groups excluding carboxylic acids is 2. The summed E-state index contributed by atoms with van der Waals surface area (Å²) in [5.74, 6) is -0.668. The van der Waals surface area contributed by atoms with E-state index in [4.69, 9.17) is 9.47 Å². The van der Waals surface area contributed by atoms with Crippen LogP contribution in [0.3, 0.4) is 0 Å². The largest absolute Gasteiger partial charge is 0.872 e. The zero-order valence-corrected chi connectivity index (χ0v) is 20.1. The van der Waals surface area contributed by atoms with E-state index in [1.54, 1.807) is 12.1 Å². The first-order valence-electron chi connectivity index (χ1n) is 11.1. The van der Waals surface area contributed by atoms with E-state index in [0.717, 1.165) is 16.0 Å². The predicted octanol–water partition coefficient (Wildman–Crippen LogP) is 1.20. The summed E-state index contributed by atoms with van der Waals surface area (Å²) in [6, 6.07) is 11.8. The van der Waals surface area contributed by atoms with Crippen LogP contribution in [0.2, 0.25) is 0 Å². The van der Waals surface area contributed by atoms with Crippen molar-refractivity contribution >= 4 is 17.4 Å². The smallest absolute Gasteiger partial charge is 0.295 e. The number of quaternary nitrogens is 1. The highest BCUT2D eigenvalue weighted by molar-refractivity contribution is 6.46. The van der Waals surface area contributed by atoms with Crippen molar-refractivity contribution in [3.63, 3.8) is 0 Å². The monoisotopic (exact) mass is 452 g/mol. The molecule has 0 bridgehead atoms. The van der Waals surface area contributed by atoms with Gasteiger partial charge in [-0.05, 0) is 34.7 Å². The lowest BCUT2D eigenvalue weighted by Gasteiger charge is -2.28. The molecule has 176 valence electrons. The minimum absolute atomic E-state index is 0.0294. The van der Waals surface area contributed by atoms with Gasteiger partial charge in [0.05, 0.1) is 47.4 Å². The van der Waals surface area contributed by atoms with Gasteiger partial charge in [-0.3, -0.25) is 9.59 Å². The molecule has 0 spiro atoms. The number of benzene rings is 2. The highest BCUT2D eigenvalue weighted by atomic mass is 16.5. The number of amides is 1. The van der Waals surface area contributed by atoms with Crippen LogP contribution in [-0.4, -0.2) is 58.0 Å². The number of hydrogen-bond acceptors (Lipinski definition) is 5. The molecular formula is C26H32N2O5. The summed E-state index contributed by atoms with van der Waals surface area (Å²) >= 11 is 0. The number of hydrogen-bond donors (Lipinski definition) is 1. The van der Waals surface area contributed by atoms with Crippen LogP contribution in [0.1, 0.15) is 42.5 Å². The highest BCUT2D eigenvalue weighted by Crippen LogP contribution is 2.40. The fourth-order valence-electron chi connectivity index (χ4n) is 3.99. The van der Waals surface area contributed by atoms with Gasteiger partial charge < -0.3 is 24.4 Å². The summed E-state index contributed by atoms with van der Waals surface area (Å²) in [6.45, 7) is 5.22. The molecule has 1 unspecified atom stereocenters. The summed E-state index contributed by atoms with van der Waals surface area (Å²) < 4.78 is 10.6. The minimum Gasteiger partial charge on any atom is -0.872 e. The Morgan fingerprint density at radius 2 is 1.67 bits per heavy atom. The molecule has 1 aliphatic rings. The standard InChI is InChI=1S/C26H32N2O5/c1-16(2)17-7-9-18(10-8-17)23-22(25(30)26(31)28(23)14-13-27(3)4)24(29)19-11-12-20(32-5)21(15-19)33-6/h7-12,15-16,23,29H,13-14H2,1-6H3/b24-22+. The van der Waals surface area contributed by atoms with E-state index in [9.17, 15) is 14.7 Å². The summed E-state index contributed by atoms with van der Waals surface area (Å²) in [5, 5.41) is 13.6. The van der Waals surface area contributed by atoms with Crippen molar-refractivity contribution in [2.24, 2.45) is 0 Å². The quantitative estimate of drug-likeness (QED) is 0.370. The number of carbonyl (C=O) groups is 2. The van der Waals surface area contributed by atoms with Crippen LogP contribution in [-0.2, 0) is 9.59 Å². The Morgan fingerprint density at radius 1 is 1.03 bits per heavy atom. The Morgan fingerprint density at radius 3 is 2.21 bits per heavy atom. The van der Waals surface area contributed by atoms with E-state index < -0.39 is 23.5 Å². The molecule has 1 atom stereocenters. The number of likely N-dealkylation sites (N-methyl/N-ethyl adjacent to an activating group) is 1. The van der Waals surface area contributed by atoms with Gasteiger partial charge in [0.15, 0.2) is 11.5 Å². The topological polar surface area (TPSA) is 83.3 Å². The molecule has 2 aromatic carbocycles. The fourth-order valence-corrected chi connectivity index (χ4v) is 3.99. The van der Waals surface area contributed by atoms with Gasteiger partial charge in [-0.25, -0.2) is 0 Å². The van der Waals surface area contributed by atoms with Gasteiger partial charge in [0.25, 0.3) is 5.91 Å². The first-order valence-corrected chi connectivity index (χ1v) is 11.1. The van der Waals surface area contributed by atoms with Crippen LogP contribution in [0, 0.1) is 0 Å². The van der Waals surface area contributed by atoms with Crippen molar-refractivity contribution in [1.82, 2.24) is 4.90 Å². The lowest BCUT2D eigenvalue weighted by Crippen LogP contribution is -3.06. The zero-order valence-electron chi connectivity index (χ0n) is 20.1. The molecule has 1 N–H and O–H groups in total. The maximum Gasteiger partial charge on any atom is 0.295 e. The molecule has 7 heteroatoms. The lowest BCUT2D eigenvalue weighted by molar-refractivity contribution is -0.857. The summed E-state index contributed by atoms with van der Waals surface area (Å²) in [6.07, 6.45) is 0. The Hall–Kier alpha value is -3.32. The SMILES string of the molecule is COc1ccc(/C([O-])=C2\C(=O)C(=O)N(CC[NH+](C)C)C2c2ccc(C(C)C)cc2)cc1OC. The third kappa shape index (κ3) is 4.88. The number of Topliss-reactive ketones (excluding diaryl/α,β-unsaturated/α-hetero) is 1. The molecule has 2 aromatic rings. The summed E-state index contributed by atoms with van der Waals surface area (Å²) in [7, 11) is 6.95. The fraction of sp³-hybridized carbons (Fsp3) is 0.385. The lowest BCUT2D eigenvalue weighted by atomic mass is 9.93. The molecule has 1 saturated heterocycles. The van der Waals surface area contributed by atoms with Gasteiger partial charge in [0.2, 0.25) is 5.78 Å². The molecule has 0 radical (unpaired) electrons. The van der Waals surface area contributed by atoms with Crippen molar-refractivity contribution in [1.29, 1.82) is 0 Å². The number of likely N-dealkylation sites (tertiary alicyclic amines) is 1. The Kier molecular flexibility index (Phi) is 7.43. The molecule has 0 saturated carbocycles. The van der Waals surface area contributed by atoms with Crippen molar-refractivity contribution in [3.8, 4) is 11.5 Å². The van der Waals surface area contributed by atoms with Crippen molar-refractivity contribution < 1.29 is 29.1 Å². The Balaban J connectivity index is 2.15. The van der Waals surface area contributed by atoms with Gasteiger partial charge in [-0.2, -0.15) is 0 Å². The average molecular weight is 453 g/mol. The van der Waals surface area contributed by atoms with E-state index in [1.807, 2.05) is 38.4 Å². The molecule has 1 fully saturated rings. The van der Waals surface area contributed by atoms with Crippen LogP contribution in [0.5, 0.6) is 11.5 Å². The van der Waals surface area contributed by atoms with Gasteiger partial charge >= 0.3 is 0 Å². The van der Waals surface area contributed by atoms with Gasteiger partial charge in [0.1, 0.15) is 0 Å². The van der Waals surface area contributed by atoms with Gasteiger partial charge in [0, 0.05) is 5.57 Å². The molecule has 1 aliphatic heterocycles. The summed E-state index contributed by atoms with van der Waals surface area (Å²) in [5.41, 5.74) is 2.13.